The summed E-state index contributed by atoms with van der Waals surface area (Å²) in [6.07, 6.45) is 1.95. The van der Waals surface area contributed by atoms with Crippen LogP contribution in [0.2, 0.25) is 0 Å². The van der Waals surface area contributed by atoms with Crippen LogP contribution in [0.25, 0.3) is 0 Å². The molecule has 1 amide bonds. The Morgan fingerprint density at radius 2 is 1.93 bits per heavy atom. The summed E-state index contributed by atoms with van der Waals surface area (Å²) in [5.41, 5.74) is 1.11. The Morgan fingerprint density at radius 1 is 1.21 bits per heavy atom. The zero-order valence-corrected chi connectivity index (χ0v) is 8.02. The topological polar surface area (TPSA) is 63.2 Å². The van der Waals surface area contributed by atoms with E-state index in [1.807, 2.05) is 0 Å². The lowest BCUT2D eigenvalue weighted by molar-refractivity contribution is 0.0941. The molecular weight excluding hydrogens is 202 g/mol. The van der Waals surface area contributed by atoms with Gasteiger partial charge in [-0.3, -0.25) is 14.4 Å². The zero-order valence-electron chi connectivity index (χ0n) is 7.20. The number of fused-ring (bicyclic) bond motifs is 1. The highest BCUT2D eigenvalue weighted by Crippen LogP contribution is 2.28. The van der Waals surface area contributed by atoms with Crippen LogP contribution in [0.1, 0.15) is 35.3 Å². The van der Waals surface area contributed by atoms with Crippen LogP contribution in [0.5, 0.6) is 0 Å². The van der Waals surface area contributed by atoms with Crippen molar-refractivity contribution < 1.29 is 14.4 Å². The van der Waals surface area contributed by atoms with Gasteiger partial charge in [0.25, 0.3) is 5.91 Å². The highest BCUT2D eigenvalue weighted by Gasteiger charge is 2.25. The number of rotatable bonds is 2. The van der Waals surface area contributed by atoms with E-state index in [4.69, 9.17) is 0 Å². The highest BCUT2D eigenvalue weighted by atomic mass is 32.1. The zero-order chi connectivity index (χ0) is 10.1. The van der Waals surface area contributed by atoms with Crippen molar-refractivity contribution in [2.75, 3.05) is 6.54 Å². The molecule has 4 nitrogen and oxygen atoms in total. The minimum absolute atomic E-state index is 0.252. The van der Waals surface area contributed by atoms with Crippen molar-refractivity contribution >= 4 is 29.8 Å². The van der Waals surface area contributed by atoms with Crippen LogP contribution in [-0.4, -0.2) is 25.0 Å². The van der Waals surface area contributed by atoms with Crippen LogP contribution in [0.3, 0.4) is 0 Å². The van der Waals surface area contributed by atoms with Crippen LogP contribution in [-0.2, 0) is 6.42 Å². The monoisotopic (exact) mass is 209 g/mol. The van der Waals surface area contributed by atoms with Crippen LogP contribution in [0, 0.1) is 0 Å². The molecule has 0 saturated heterocycles. The van der Waals surface area contributed by atoms with Gasteiger partial charge in [0.2, 0.25) is 0 Å². The maximum atomic E-state index is 11.4. The minimum Gasteiger partial charge on any atom is -0.352 e. The third-order valence-corrected chi connectivity index (χ3v) is 3.25. The summed E-state index contributed by atoms with van der Waals surface area (Å²) in [5, 5.41) is 2.64. The quantitative estimate of drug-likeness (QED) is 0.728. The molecule has 0 radical (unpaired) electrons. The van der Waals surface area contributed by atoms with Crippen molar-refractivity contribution in [3.63, 3.8) is 0 Å². The molecule has 2 rings (SSSR count). The Morgan fingerprint density at radius 3 is 2.57 bits per heavy atom. The smallest absolute Gasteiger partial charge is 0.253 e. The predicted molar refractivity (Wildman–Crippen MR) is 51.1 cm³/mol. The average molecular weight is 209 g/mol. The molecule has 0 aliphatic carbocycles. The van der Waals surface area contributed by atoms with Gasteiger partial charge in [-0.1, -0.05) is 0 Å². The Hall–Kier alpha value is -1.49. The van der Waals surface area contributed by atoms with Gasteiger partial charge in [0.1, 0.15) is 0 Å². The van der Waals surface area contributed by atoms with Crippen molar-refractivity contribution in [2.24, 2.45) is 0 Å². The molecule has 1 aliphatic heterocycles. The van der Waals surface area contributed by atoms with E-state index in [-0.39, 0.29) is 5.91 Å². The molecule has 0 fully saturated rings. The third-order valence-electron chi connectivity index (χ3n) is 2.17. The van der Waals surface area contributed by atoms with Gasteiger partial charge in [0.15, 0.2) is 12.6 Å². The fourth-order valence-electron chi connectivity index (χ4n) is 1.57. The molecule has 0 bridgehead atoms. The predicted octanol–water partition coefficient (Wildman–Crippen LogP) is 0.659. The van der Waals surface area contributed by atoms with E-state index in [1.54, 1.807) is 0 Å². The maximum absolute atomic E-state index is 11.4. The molecule has 2 heterocycles. The van der Waals surface area contributed by atoms with Crippen LogP contribution >= 0.6 is 11.3 Å². The van der Waals surface area contributed by atoms with Gasteiger partial charge in [-0.15, -0.1) is 11.3 Å². The second kappa shape index (κ2) is 3.34. The summed E-state index contributed by atoms with van der Waals surface area (Å²) >= 11 is 1.08. The third kappa shape index (κ3) is 1.17. The first-order chi connectivity index (χ1) is 6.77. The molecule has 14 heavy (non-hydrogen) atoms. The molecule has 72 valence electrons. The van der Waals surface area contributed by atoms with Crippen molar-refractivity contribution in [2.45, 2.75) is 6.42 Å². The SMILES string of the molecule is O=Cc1sc(C=O)c2c1CCNC2=O. The fraction of sp³-hybridized carbons (Fsp3) is 0.222. The molecule has 0 spiro atoms. The molecule has 1 aliphatic rings. The normalized spacial score (nSPS) is 14.4. The standard InChI is InChI=1S/C9H7NO3S/c11-3-6-5-1-2-10-9(13)8(5)7(4-12)14-6/h3-4H,1-2H2,(H,10,13). The van der Waals surface area contributed by atoms with Gasteiger partial charge >= 0.3 is 0 Å². The first-order valence-electron chi connectivity index (χ1n) is 4.12. The van der Waals surface area contributed by atoms with Crippen molar-refractivity contribution in [1.82, 2.24) is 5.32 Å². The van der Waals surface area contributed by atoms with E-state index in [1.165, 1.54) is 0 Å². The maximum Gasteiger partial charge on any atom is 0.253 e. The first-order valence-corrected chi connectivity index (χ1v) is 4.93. The number of carbonyl (C=O) groups excluding carboxylic acids is 3. The van der Waals surface area contributed by atoms with Gasteiger partial charge in [0.05, 0.1) is 15.3 Å². The van der Waals surface area contributed by atoms with E-state index in [0.717, 1.165) is 16.9 Å². The number of aldehydes is 2. The van der Waals surface area contributed by atoms with E-state index in [2.05, 4.69) is 5.32 Å². The Balaban J connectivity index is 2.67. The molecule has 0 unspecified atom stereocenters. The van der Waals surface area contributed by atoms with E-state index in [0.29, 0.717) is 40.9 Å². The Kier molecular flexibility index (Phi) is 2.17. The minimum atomic E-state index is -0.252. The number of hydrogen-bond acceptors (Lipinski definition) is 4. The lowest BCUT2D eigenvalue weighted by Crippen LogP contribution is -2.32. The van der Waals surface area contributed by atoms with Crippen LogP contribution in [0.15, 0.2) is 0 Å². The molecular formula is C9H7NO3S. The lowest BCUT2D eigenvalue weighted by atomic mass is 10.0. The van der Waals surface area contributed by atoms with Crippen LogP contribution < -0.4 is 5.32 Å². The van der Waals surface area contributed by atoms with E-state index >= 15 is 0 Å². The second-order valence-electron chi connectivity index (χ2n) is 2.93. The summed E-state index contributed by atoms with van der Waals surface area (Å²) in [4.78, 5) is 33.6. The number of carbonyl (C=O) groups is 3. The number of hydrogen-bond donors (Lipinski definition) is 1. The number of nitrogens with one attached hydrogen (secondary N) is 1. The summed E-state index contributed by atoms with van der Waals surface area (Å²) in [7, 11) is 0. The largest absolute Gasteiger partial charge is 0.352 e. The van der Waals surface area contributed by atoms with Gasteiger partial charge in [-0.25, -0.2) is 0 Å². The number of thiophene rings is 1. The molecule has 0 saturated carbocycles. The Bertz CT molecular complexity index is 422. The van der Waals surface area contributed by atoms with Gasteiger partial charge in [0, 0.05) is 6.54 Å². The van der Waals surface area contributed by atoms with Gasteiger partial charge in [-0.2, -0.15) is 0 Å². The summed E-state index contributed by atoms with van der Waals surface area (Å²) in [6.45, 7) is 0.529. The molecule has 1 aromatic rings. The molecule has 0 aromatic carbocycles. The summed E-state index contributed by atoms with van der Waals surface area (Å²) < 4.78 is 0. The van der Waals surface area contributed by atoms with Crippen molar-refractivity contribution in [1.29, 1.82) is 0 Å². The molecule has 1 N–H and O–H groups in total. The highest BCUT2D eigenvalue weighted by molar-refractivity contribution is 7.15. The van der Waals surface area contributed by atoms with Crippen molar-refractivity contribution in [3.05, 3.63) is 20.9 Å². The molecule has 1 aromatic heterocycles. The van der Waals surface area contributed by atoms with Gasteiger partial charge in [-0.05, 0) is 12.0 Å². The summed E-state index contributed by atoms with van der Waals surface area (Å²) in [6, 6.07) is 0. The molecule has 5 heteroatoms. The molecule has 0 atom stereocenters. The van der Waals surface area contributed by atoms with Gasteiger partial charge < -0.3 is 5.32 Å². The average Bonchev–Trinajstić information content (AvgIpc) is 2.57. The fourth-order valence-corrected chi connectivity index (χ4v) is 2.55. The van der Waals surface area contributed by atoms with Crippen molar-refractivity contribution in [3.8, 4) is 0 Å². The number of amides is 1. The van der Waals surface area contributed by atoms with E-state index < -0.39 is 0 Å². The van der Waals surface area contributed by atoms with E-state index in [9.17, 15) is 14.4 Å². The Labute approximate surface area is 83.9 Å². The first kappa shape index (κ1) is 9.08. The summed E-state index contributed by atoms with van der Waals surface area (Å²) in [5.74, 6) is -0.252. The second-order valence-corrected chi connectivity index (χ2v) is 4.01. The lowest BCUT2D eigenvalue weighted by Gasteiger charge is -2.12. The van der Waals surface area contributed by atoms with Crippen LogP contribution in [0.4, 0.5) is 0 Å².